The number of nitrogens with zero attached hydrogens (tertiary/aromatic N) is 2. The molecule has 0 bridgehead atoms. The summed E-state index contributed by atoms with van der Waals surface area (Å²) in [6.07, 6.45) is 1.53. The first-order valence-electron chi connectivity index (χ1n) is 9.80. The van der Waals surface area contributed by atoms with Gasteiger partial charge in [0.15, 0.2) is 5.11 Å². The van der Waals surface area contributed by atoms with Crippen LogP contribution in [0.5, 0.6) is 5.75 Å². The van der Waals surface area contributed by atoms with E-state index in [-0.39, 0.29) is 16.4 Å². The van der Waals surface area contributed by atoms with E-state index in [4.69, 9.17) is 17.0 Å². The predicted octanol–water partition coefficient (Wildman–Crippen LogP) is 4.07. The number of aryl methyl sites for hydroxylation is 1. The van der Waals surface area contributed by atoms with E-state index in [1.165, 1.54) is 24.3 Å². The molecule has 1 fully saturated rings. The van der Waals surface area contributed by atoms with Crippen molar-refractivity contribution in [2.45, 2.75) is 13.8 Å². The molecule has 0 radical (unpaired) electrons. The number of hydrogen-bond donors (Lipinski definition) is 1. The van der Waals surface area contributed by atoms with Crippen molar-refractivity contribution in [1.29, 1.82) is 0 Å². The second-order valence-electron chi connectivity index (χ2n) is 7.30. The topological polar surface area (TPSA) is 63.6 Å². The van der Waals surface area contributed by atoms with Crippen LogP contribution in [-0.4, -0.2) is 28.6 Å². The van der Waals surface area contributed by atoms with Crippen molar-refractivity contribution in [3.8, 4) is 11.4 Å². The summed E-state index contributed by atoms with van der Waals surface area (Å²) in [4.78, 5) is 26.9. The van der Waals surface area contributed by atoms with Crippen LogP contribution in [0.25, 0.3) is 11.8 Å². The summed E-state index contributed by atoms with van der Waals surface area (Å²) in [6.45, 7) is 3.84. The number of aromatic nitrogens is 1. The van der Waals surface area contributed by atoms with Gasteiger partial charge in [0.2, 0.25) is 0 Å². The highest BCUT2D eigenvalue weighted by Crippen LogP contribution is 2.27. The number of ether oxygens (including phenoxy) is 1. The second-order valence-corrected chi connectivity index (χ2v) is 7.69. The standard InChI is InChI=1S/C24H20FN3O3S/c1-14-10-16(15(2)27(14)19-8-5-9-20(13-19)31-3)11-21-22(29)26-24(32)28(23(21)30)18-7-4-6-17(25)12-18/h4-13H,1-3H3,(H,26,29,32)/b21-11-. The minimum absolute atomic E-state index is 0.0891. The minimum Gasteiger partial charge on any atom is -0.497 e. The van der Waals surface area contributed by atoms with Gasteiger partial charge in [-0.1, -0.05) is 12.1 Å². The summed E-state index contributed by atoms with van der Waals surface area (Å²) in [5.41, 5.74) is 3.52. The Balaban J connectivity index is 1.77. The Morgan fingerprint density at radius 2 is 1.75 bits per heavy atom. The van der Waals surface area contributed by atoms with Crippen molar-refractivity contribution in [3.05, 3.63) is 82.9 Å². The summed E-state index contributed by atoms with van der Waals surface area (Å²) in [5.74, 6) is -1.01. The molecule has 1 N–H and O–H groups in total. The smallest absolute Gasteiger partial charge is 0.270 e. The summed E-state index contributed by atoms with van der Waals surface area (Å²) in [6, 6.07) is 15.0. The van der Waals surface area contributed by atoms with Gasteiger partial charge in [0.25, 0.3) is 11.8 Å². The zero-order chi connectivity index (χ0) is 23.0. The molecule has 2 amide bonds. The van der Waals surface area contributed by atoms with Gasteiger partial charge in [-0.2, -0.15) is 0 Å². The quantitative estimate of drug-likeness (QED) is 0.371. The largest absolute Gasteiger partial charge is 0.497 e. The van der Waals surface area contributed by atoms with E-state index in [0.29, 0.717) is 5.56 Å². The van der Waals surface area contributed by atoms with E-state index in [0.717, 1.165) is 27.7 Å². The van der Waals surface area contributed by atoms with Gasteiger partial charge in [0.1, 0.15) is 17.1 Å². The molecule has 1 aliphatic heterocycles. The minimum atomic E-state index is -0.615. The summed E-state index contributed by atoms with van der Waals surface area (Å²) in [5, 5.41) is 2.43. The van der Waals surface area contributed by atoms with Gasteiger partial charge in [-0.15, -0.1) is 0 Å². The fourth-order valence-corrected chi connectivity index (χ4v) is 4.02. The molecular formula is C24H20FN3O3S. The molecule has 2 aromatic carbocycles. The van der Waals surface area contributed by atoms with Crippen LogP contribution in [0.2, 0.25) is 0 Å². The molecule has 2 heterocycles. The van der Waals surface area contributed by atoms with E-state index in [2.05, 4.69) is 5.32 Å². The molecule has 1 saturated heterocycles. The SMILES string of the molecule is COc1cccc(-n2c(C)cc(/C=C3/C(=O)NC(=S)N(c4cccc(F)c4)C3=O)c2C)c1. The van der Waals surface area contributed by atoms with Gasteiger partial charge in [-0.05, 0) is 74.1 Å². The molecular weight excluding hydrogens is 429 g/mol. The molecule has 3 aromatic rings. The first kappa shape index (κ1) is 21.5. The number of rotatable bonds is 4. The van der Waals surface area contributed by atoms with Gasteiger partial charge in [-0.25, -0.2) is 4.39 Å². The zero-order valence-corrected chi connectivity index (χ0v) is 18.5. The Kier molecular flexibility index (Phi) is 5.63. The number of anilines is 1. The molecule has 0 spiro atoms. The van der Waals surface area contributed by atoms with Crippen molar-refractivity contribution in [3.63, 3.8) is 0 Å². The van der Waals surface area contributed by atoms with E-state index >= 15 is 0 Å². The zero-order valence-electron chi connectivity index (χ0n) is 17.7. The second kappa shape index (κ2) is 8.39. The number of carbonyl (C=O) groups excluding carboxylic acids is 2. The highest BCUT2D eigenvalue weighted by molar-refractivity contribution is 7.80. The van der Waals surface area contributed by atoms with Crippen LogP contribution < -0.4 is 15.0 Å². The van der Waals surface area contributed by atoms with Crippen molar-refractivity contribution in [2.24, 2.45) is 0 Å². The summed E-state index contributed by atoms with van der Waals surface area (Å²) >= 11 is 5.17. The first-order valence-corrected chi connectivity index (χ1v) is 10.2. The lowest BCUT2D eigenvalue weighted by Gasteiger charge is -2.28. The van der Waals surface area contributed by atoms with Crippen LogP contribution in [0.1, 0.15) is 17.0 Å². The molecule has 32 heavy (non-hydrogen) atoms. The molecule has 0 saturated carbocycles. The molecule has 6 nitrogen and oxygen atoms in total. The van der Waals surface area contributed by atoms with Crippen LogP contribution >= 0.6 is 12.2 Å². The lowest BCUT2D eigenvalue weighted by molar-refractivity contribution is -0.122. The number of halogens is 1. The normalized spacial score (nSPS) is 15.3. The van der Waals surface area contributed by atoms with E-state index in [1.54, 1.807) is 13.2 Å². The van der Waals surface area contributed by atoms with Crippen molar-refractivity contribution < 1.29 is 18.7 Å². The number of hydrogen-bond acceptors (Lipinski definition) is 4. The monoisotopic (exact) mass is 449 g/mol. The average molecular weight is 450 g/mol. The molecule has 8 heteroatoms. The predicted molar refractivity (Wildman–Crippen MR) is 124 cm³/mol. The summed E-state index contributed by atoms with van der Waals surface area (Å²) < 4.78 is 21.0. The highest BCUT2D eigenvalue weighted by atomic mass is 32.1. The van der Waals surface area contributed by atoms with Crippen LogP contribution in [0, 0.1) is 19.7 Å². The number of carbonyl (C=O) groups is 2. The Hall–Kier alpha value is -3.78. The number of thiocarbonyl (C=S) groups is 1. The van der Waals surface area contributed by atoms with Gasteiger partial charge in [0, 0.05) is 23.1 Å². The van der Waals surface area contributed by atoms with Crippen molar-refractivity contribution >= 4 is 40.9 Å². The van der Waals surface area contributed by atoms with E-state index in [9.17, 15) is 14.0 Å². The van der Waals surface area contributed by atoms with Crippen LogP contribution in [-0.2, 0) is 9.59 Å². The van der Waals surface area contributed by atoms with Crippen molar-refractivity contribution in [1.82, 2.24) is 9.88 Å². The maximum Gasteiger partial charge on any atom is 0.270 e. The molecule has 162 valence electrons. The Morgan fingerprint density at radius 1 is 1.03 bits per heavy atom. The first-order chi connectivity index (χ1) is 15.3. The molecule has 0 atom stereocenters. The van der Waals surface area contributed by atoms with Gasteiger partial charge >= 0.3 is 0 Å². The molecule has 0 unspecified atom stereocenters. The fourth-order valence-electron chi connectivity index (χ4n) is 3.74. The van der Waals surface area contributed by atoms with Gasteiger partial charge < -0.3 is 9.30 Å². The number of amides is 2. The number of benzene rings is 2. The average Bonchev–Trinajstić information content (AvgIpc) is 3.04. The van der Waals surface area contributed by atoms with E-state index < -0.39 is 17.6 Å². The highest BCUT2D eigenvalue weighted by Gasteiger charge is 2.34. The Labute approximate surface area is 189 Å². The third kappa shape index (κ3) is 3.80. The van der Waals surface area contributed by atoms with Crippen LogP contribution in [0.3, 0.4) is 0 Å². The number of methoxy groups -OCH3 is 1. The molecule has 1 aliphatic rings. The Morgan fingerprint density at radius 3 is 2.47 bits per heavy atom. The molecule has 0 aliphatic carbocycles. The lowest BCUT2D eigenvalue weighted by atomic mass is 10.1. The molecule has 4 rings (SSSR count). The molecule has 1 aromatic heterocycles. The fraction of sp³-hybridized carbons (Fsp3) is 0.125. The Bertz CT molecular complexity index is 1300. The third-order valence-corrected chi connectivity index (χ3v) is 5.53. The van der Waals surface area contributed by atoms with Crippen LogP contribution in [0.15, 0.2) is 60.2 Å². The third-order valence-electron chi connectivity index (χ3n) is 5.25. The van der Waals surface area contributed by atoms with Gasteiger partial charge in [0.05, 0.1) is 12.8 Å². The van der Waals surface area contributed by atoms with Gasteiger partial charge in [-0.3, -0.25) is 19.8 Å². The lowest BCUT2D eigenvalue weighted by Crippen LogP contribution is -2.54. The van der Waals surface area contributed by atoms with Crippen LogP contribution in [0.4, 0.5) is 10.1 Å². The maximum atomic E-state index is 13.7. The number of nitrogens with one attached hydrogen (secondary N) is 1. The maximum absolute atomic E-state index is 13.7. The van der Waals surface area contributed by atoms with Crippen molar-refractivity contribution in [2.75, 3.05) is 12.0 Å². The van der Waals surface area contributed by atoms with E-state index in [1.807, 2.05) is 48.7 Å². The summed E-state index contributed by atoms with van der Waals surface area (Å²) in [7, 11) is 1.60.